The first kappa shape index (κ1) is 20.1. The van der Waals surface area contributed by atoms with Crippen LogP contribution < -0.4 is 5.11 Å². The maximum Gasteiger partial charge on any atom is 0.337 e. The molecule has 8 heteroatoms. The first-order valence-electron chi connectivity index (χ1n) is 7.96. The third-order valence-corrected chi connectivity index (χ3v) is 5.49. The number of hydrogen-bond donors (Lipinski definition) is 0. The number of carboxylic acids is 1. The van der Waals surface area contributed by atoms with E-state index >= 15 is 0 Å². The van der Waals surface area contributed by atoms with E-state index in [-0.39, 0.29) is 10.2 Å². The van der Waals surface area contributed by atoms with Crippen molar-refractivity contribution in [2.24, 2.45) is 5.92 Å². The topological polar surface area (TPSA) is 86.7 Å². The van der Waals surface area contributed by atoms with Crippen LogP contribution in [0, 0.1) is 5.92 Å². The van der Waals surface area contributed by atoms with Crippen molar-refractivity contribution in [1.29, 1.82) is 0 Å². The van der Waals surface area contributed by atoms with Crippen molar-refractivity contribution in [1.82, 2.24) is 4.90 Å². The Morgan fingerprint density at radius 1 is 1.35 bits per heavy atom. The third-order valence-electron chi connectivity index (χ3n) is 4.16. The maximum atomic E-state index is 12.7. The van der Waals surface area contributed by atoms with Crippen LogP contribution in [0.2, 0.25) is 0 Å². The zero-order valence-corrected chi connectivity index (χ0v) is 16.2. The second-order valence-electron chi connectivity index (χ2n) is 5.81. The van der Waals surface area contributed by atoms with Crippen LogP contribution in [0.5, 0.6) is 0 Å². The van der Waals surface area contributed by atoms with Gasteiger partial charge in [-0.25, -0.2) is 4.79 Å². The van der Waals surface area contributed by atoms with Crippen LogP contribution in [0.25, 0.3) is 6.08 Å². The highest BCUT2D eigenvalue weighted by atomic mass is 32.2. The van der Waals surface area contributed by atoms with E-state index < -0.39 is 23.9 Å². The molecule has 1 fully saturated rings. The number of thioether (sulfide) groups is 1. The summed E-state index contributed by atoms with van der Waals surface area (Å²) in [7, 11) is 1.30. The summed E-state index contributed by atoms with van der Waals surface area (Å²) in [6.07, 6.45) is 2.19. The molecule has 1 aromatic rings. The van der Waals surface area contributed by atoms with Gasteiger partial charge in [0.1, 0.15) is 4.32 Å². The molecule has 1 aliphatic rings. The SMILES string of the molecule is CC[C@@H](C)[C@H](C(=O)[O-])N1C(=O)/C(=C/c2ccc(C(=O)OC)cc2)SC1=S. The van der Waals surface area contributed by atoms with Gasteiger partial charge in [-0.3, -0.25) is 9.69 Å². The molecule has 1 saturated heterocycles. The van der Waals surface area contributed by atoms with Gasteiger partial charge in [-0.15, -0.1) is 0 Å². The molecule has 1 amide bonds. The first-order chi connectivity index (χ1) is 12.3. The Kier molecular flexibility index (Phi) is 6.55. The number of rotatable bonds is 6. The smallest absolute Gasteiger partial charge is 0.337 e. The Morgan fingerprint density at radius 3 is 2.46 bits per heavy atom. The summed E-state index contributed by atoms with van der Waals surface area (Å²) >= 11 is 6.27. The minimum absolute atomic E-state index is 0.196. The third kappa shape index (κ3) is 4.13. The Balaban J connectivity index is 2.28. The summed E-state index contributed by atoms with van der Waals surface area (Å²) in [5.74, 6) is -2.51. The highest BCUT2D eigenvalue weighted by Gasteiger charge is 2.39. The van der Waals surface area contributed by atoms with E-state index in [2.05, 4.69) is 4.74 Å². The van der Waals surface area contributed by atoms with E-state index in [1.165, 1.54) is 7.11 Å². The van der Waals surface area contributed by atoms with Gasteiger partial charge in [-0.05, 0) is 29.7 Å². The predicted molar refractivity (Wildman–Crippen MR) is 101 cm³/mol. The minimum Gasteiger partial charge on any atom is -0.548 e. The van der Waals surface area contributed by atoms with Crippen LogP contribution in [0.15, 0.2) is 29.2 Å². The number of thiocarbonyl (C=S) groups is 1. The molecule has 6 nitrogen and oxygen atoms in total. The number of methoxy groups -OCH3 is 1. The van der Waals surface area contributed by atoms with Gasteiger partial charge in [-0.2, -0.15) is 0 Å². The molecule has 138 valence electrons. The number of ether oxygens (including phenoxy) is 1. The largest absolute Gasteiger partial charge is 0.548 e. The van der Waals surface area contributed by atoms with Crippen LogP contribution in [0.4, 0.5) is 0 Å². The second kappa shape index (κ2) is 8.46. The number of hydrogen-bond acceptors (Lipinski definition) is 7. The summed E-state index contributed by atoms with van der Waals surface area (Å²) in [5, 5.41) is 11.5. The molecule has 0 bridgehead atoms. The van der Waals surface area contributed by atoms with Crippen molar-refractivity contribution in [2.45, 2.75) is 26.3 Å². The van der Waals surface area contributed by atoms with Gasteiger partial charge in [0, 0.05) is 0 Å². The minimum atomic E-state index is -1.32. The second-order valence-corrected chi connectivity index (χ2v) is 7.49. The zero-order valence-electron chi connectivity index (χ0n) is 14.6. The highest BCUT2D eigenvalue weighted by molar-refractivity contribution is 8.26. The first-order valence-corrected chi connectivity index (χ1v) is 9.18. The van der Waals surface area contributed by atoms with Crippen LogP contribution in [-0.2, 0) is 14.3 Å². The highest BCUT2D eigenvalue weighted by Crippen LogP contribution is 2.35. The number of esters is 1. The lowest BCUT2D eigenvalue weighted by atomic mass is 9.98. The van der Waals surface area contributed by atoms with E-state index in [0.29, 0.717) is 22.5 Å². The fraction of sp³-hybridized carbons (Fsp3) is 0.333. The van der Waals surface area contributed by atoms with Gasteiger partial charge >= 0.3 is 5.97 Å². The lowest BCUT2D eigenvalue weighted by Gasteiger charge is -2.32. The summed E-state index contributed by atoms with van der Waals surface area (Å²) in [6, 6.07) is 5.41. The number of carboxylic acid groups (broad SMARTS) is 1. The van der Waals surface area contributed by atoms with Crippen molar-refractivity contribution in [2.75, 3.05) is 7.11 Å². The lowest BCUT2D eigenvalue weighted by Crippen LogP contribution is -2.53. The molecule has 0 aliphatic carbocycles. The molecule has 1 aromatic carbocycles. The van der Waals surface area contributed by atoms with Gasteiger partial charge < -0.3 is 14.6 Å². The number of benzene rings is 1. The van der Waals surface area contributed by atoms with Crippen molar-refractivity contribution in [3.05, 3.63) is 40.3 Å². The summed E-state index contributed by atoms with van der Waals surface area (Å²) in [5.41, 5.74) is 1.08. The van der Waals surface area contributed by atoms with Crippen LogP contribution >= 0.6 is 24.0 Å². The summed E-state index contributed by atoms with van der Waals surface area (Å²) < 4.78 is 4.83. The van der Waals surface area contributed by atoms with E-state index in [0.717, 1.165) is 16.7 Å². The van der Waals surface area contributed by atoms with Crippen molar-refractivity contribution < 1.29 is 24.2 Å². The molecule has 0 aromatic heterocycles. The van der Waals surface area contributed by atoms with Gasteiger partial charge in [0.05, 0.1) is 29.6 Å². The maximum absolute atomic E-state index is 12.7. The molecule has 1 aliphatic heterocycles. The Bertz CT molecular complexity index is 772. The van der Waals surface area contributed by atoms with Gasteiger partial charge in [-0.1, -0.05) is 56.4 Å². The van der Waals surface area contributed by atoms with Gasteiger partial charge in [0.25, 0.3) is 5.91 Å². The van der Waals surface area contributed by atoms with Crippen LogP contribution in [0.3, 0.4) is 0 Å². The summed E-state index contributed by atoms with van der Waals surface area (Å²) in [4.78, 5) is 37.1. The normalized spacial score (nSPS) is 18.1. The molecule has 0 saturated carbocycles. The van der Waals surface area contributed by atoms with Crippen molar-refractivity contribution >= 4 is 52.2 Å². The Labute approximate surface area is 161 Å². The summed E-state index contributed by atoms with van der Waals surface area (Å²) in [6.45, 7) is 3.59. The van der Waals surface area contributed by atoms with Gasteiger partial charge in [0.15, 0.2) is 0 Å². The molecule has 0 spiro atoms. The predicted octanol–water partition coefficient (Wildman–Crippen LogP) is 1.84. The number of carbonyl (C=O) groups excluding carboxylic acids is 3. The molecule has 2 rings (SSSR count). The quantitative estimate of drug-likeness (QED) is 0.415. The molecule has 0 unspecified atom stereocenters. The number of aliphatic carboxylic acids is 1. The van der Waals surface area contributed by atoms with E-state index in [1.54, 1.807) is 37.3 Å². The van der Waals surface area contributed by atoms with E-state index in [4.69, 9.17) is 12.2 Å². The number of carbonyl (C=O) groups is 3. The number of amides is 1. The average molecular weight is 392 g/mol. The van der Waals surface area contributed by atoms with Crippen LogP contribution in [-0.4, -0.2) is 40.2 Å². The van der Waals surface area contributed by atoms with Crippen LogP contribution in [0.1, 0.15) is 36.2 Å². The number of nitrogens with zero attached hydrogens (tertiary/aromatic N) is 1. The van der Waals surface area contributed by atoms with Crippen molar-refractivity contribution in [3.63, 3.8) is 0 Å². The van der Waals surface area contributed by atoms with E-state index in [9.17, 15) is 19.5 Å². The van der Waals surface area contributed by atoms with Gasteiger partial charge in [0.2, 0.25) is 0 Å². The fourth-order valence-electron chi connectivity index (χ4n) is 2.52. The Morgan fingerprint density at radius 2 is 1.96 bits per heavy atom. The molecule has 26 heavy (non-hydrogen) atoms. The average Bonchev–Trinajstić information content (AvgIpc) is 2.89. The Hall–Kier alpha value is -2.19. The van der Waals surface area contributed by atoms with E-state index in [1.807, 2.05) is 6.92 Å². The van der Waals surface area contributed by atoms with Crippen molar-refractivity contribution in [3.8, 4) is 0 Å². The molecule has 0 N–H and O–H groups in total. The lowest BCUT2D eigenvalue weighted by molar-refractivity contribution is -0.311. The zero-order chi connectivity index (χ0) is 19.4. The monoisotopic (exact) mass is 392 g/mol. The molecular formula is C18H18NO5S2-. The molecule has 2 atom stereocenters. The standard InChI is InChI=1S/C18H19NO5S2/c1-4-10(2)14(16(21)22)19-15(20)13(26-18(19)25)9-11-5-7-12(8-6-11)17(23)24-3/h5-10,14H,4H2,1-3H3,(H,21,22)/p-1/b13-9-/t10-,14-/m1/s1. The molecule has 1 heterocycles. The molecular weight excluding hydrogens is 374 g/mol. The fourth-order valence-corrected chi connectivity index (χ4v) is 3.85. The molecule has 0 radical (unpaired) electrons.